The van der Waals surface area contributed by atoms with Gasteiger partial charge in [0.1, 0.15) is 4.88 Å². The van der Waals surface area contributed by atoms with Gasteiger partial charge in [-0.05, 0) is 43.3 Å². The van der Waals surface area contributed by atoms with Crippen molar-refractivity contribution in [2.45, 2.75) is 11.8 Å². The number of nitrogens with one attached hydrogen (secondary N) is 1. The van der Waals surface area contributed by atoms with Crippen molar-refractivity contribution in [2.75, 3.05) is 18.9 Å². The van der Waals surface area contributed by atoms with Crippen LogP contribution < -0.4 is 5.32 Å². The fourth-order valence-corrected chi connectivity index (χ4v) is 3.48. The average Bonchev–Trinajstić information content (AvgIpc) is 2.97. The van der Waals surface area contributed by atoms with E-state index in [1.165, 1.54) is 11.3 Å². The summed E-state index contributed by atoms with van der Waals surface area (Å²) >= 11 is 6.39. The SMILES string of the molecule is Cc1ccc(C(=O)OCC(=O)NCCSc2ccc(Br)cc2)s1. The van der Waals surface area contributed by atoms with Crippen LogP contribution in [0.4, 0.5) is 0 Å². The highest BCUT2D eigenvalue weighted by molar-refractivity contribution is 9.10. The molecule has 0 aliphatic rings. The first kappa shape index (κ1) is 18.0. The fraction of sp³-hybridized carbons (Fsp3) is 0.250. The first-order valence-corrected chi connectivity index (χ1v) is 9.53. The van der Waals surface area contributed by atoms with E-state index in [1.807, 2.05) is 37.3 Å². The summed E-state index contributed by atoms with van der Waals surface area (Å²) in [6, 6.07) is 11.5. The van der Waals surface area contributed by atoms with Gasteiger partial charge in [0.25, 0.3) is 5.91 Å². The maximum atomic E-state index is 11.7. The molecule has 1 aromatic carbocycles. The van der Waals surface area contributed by atoms with Gasteiger partial charge in [-0.15, -0.1) is 23.1 Å². The summed E-state index contributed by atoms with van der Waals surface area (Å²) in [5.74, 6) is 0.0105. The molecule has 4 nitrogen and oxygen atoms in total. The molecule has 0 bridgehead atoms. The van der Waals surface area contributed by atoms with E-state index in [4.69, 9.17) is 4.74 Å². The third-order valence-electron chi connectivity index (χ3n) is 2.78. The van der Waals surface area contributed by atoms with Crippen molar-refractivity contribution in [1.82, 2.24) is 5.32 Å². The van der Waals surface area contributed by atoms with Crippen LogP contribution in [0.5, 0.6) is 0 Å². The summed E-state index contributed by atoms with van der Waals surface area (Å²) in [5, 5.41) is 2.73. The van der Waals surface area contributed by atoms with Gasteiger partial charge in [0.2, 0.25) is 0 Å². The Kier molecular flexibility index (Phi) is 7.14. The van der Waals surface area contributed by atoms with Crippen molar-refractivity contribution in [2.24, 2.45) is 0 Å². The number of benzene rings is 1. The van der Waals surface area contributed by atoms with Gasteiger partial charge in [-0.1, -0.05) is 15.9 Å². The van der Waals surface area contributed by atoms with Crippen LogP contribution in [0.3, 0.4) is 0 Å². The minimum atomic E-state index is -0.456. The van der Waals surface area contributed by atoms with Gasteiger partial charge in [0, 0.05) is 26.5 Å². The van der Waals surface area contributed by atoms with E-state index in [2.05, 4.69) is 21.2 Å². The Morgan fingerprint density at radius 2 is 1.96 bits per heavy atom. The molecule has 1 N–H and O–H groups in total. The maximum Gasteiger partial charge on any atom is 0.348 e. The molecule has 23 heavy (non-hydrogen) atoms. The Balaban J connectivity index is 1.61. The molecule has 0 aliphatic carbocycles. The van der Waals surface area contributed by atoms with Crippen LogP contribution in [0.1, 0.15) is 14.5 Å². The number of thiophene rings is 1. The molecular weight excluding hydrogens is 398 g/mol. The molecule has 2 rings (SSSR count). The highest BCUT2D eigenvalue weighted by atomic mass is 79.9. The lowest BCUT2D eigenvalue weighted by Crippen LogP contribution is -2.30. The van der Waals surface area contributed by atoms with E-state index in [1.54, 1.807) is 17.8 Å². The van der Waals surface area contributed by atoms with Gasteiger partial charge in [-0.3, -0.25) is 4.79 Å². The van der Waals surface area contributed by atoms with Crippen molar-refractivity contribution in [1.29, 1.82) is 0 Å². The zero-order chi connectivity index (χ0) is 16.7. The van der Waals surface area contributed by atoms with E-state index in [0.29, 0.717) is 11.4 Å². The van der Waals surface area contributed by atoms with Crippen molar-refractivity contribution < 1.29 is 14.3 Å². The fourth-order valence-electron chi connectivity index (χ4n) is 1.69. The lowest BCUT2D eigenvalue weighted by molar-refractivity contribution is -0.124. The highest BCUT2D eigenvalue weighted by Crippen LogP contribution is 2.20. The molecule has 0 unspecified atom stereocenters. The third kappa shape index (κ3) is 6.37. The second-order valence-electron chi connectivity index (χ2n) is 4.64. The van der Waals surface area contributed by atoms with Crippen molar-refractivity contribution >= 4 is 50.9 Å². The number of ether oxygens (including phenoxy) is 1. The largest absolute Gasteiger partial charge is 0.451 e. The molecule has 7 heteroatoms. The first-order chi connectivity index (χ1) is 11.0. The summed E-state index contributed by atoms with van der Waals surface area (Å²) in [5.41, 5.74) is 0. The Hall–Kier alpha value is -1.31. The van der Waals surface area contributed by atoms with Gasteiger partial charge in [0.15, 0.2) is 6.61 Å². The predicted molar refractivity (Wildman–Crippen MR) is 97.2 cm³/mol. The topological polar surface area (TPSA) is 55.4 Å². The number of halogens is 1. The number of thioether (sulfide) groups is 1. The molecule has 1 aromatic heterocycles. The molecule has 0 atom stereocenters. The molecule has 1 heterocycles. The molecular formula is C16H16BrNO3S2. The van der Waals surface area contributed by atoms with Crippen molar-refractivity contribution in [3.05, 3.63) is 50.6 Å². The molecule has 0 saturated carbocycles. The molecule has 0 saturated heterocycles. The van der Waals surface area contributed by atoms with Crippen molar-refractivity contribution in [3.63, 3.8) is 0 Å². The predicted octanol–water partition coefficient (Wildman–Crippen LogP) is 3.88. The molecule has 1 amide bonds. The van der Waals surface area contributed by atoms with Crippen LogP contribution in [-0.4, -0.2) is 30.8 Å². The molecule has 0 radical (unpaired) electrons. The molecule has 0 fully saturated rings. The summed E-state index contributed by atoms with van der Waals surface area (Å²) < 4.78 is 6.02. The molecule has 2 aromatic rings. The quantitative estimate of drug-likeness (QED) is 0.425. The highest BCUT2D eigenvalue weighted by Gasteiger charge is 2.11. The van der Waals surface area contributed by atoms with E-state index >= 15 is 0 Å². The standard InChI is InChI=1S/C16H16BrNO3S2/c1-11-2-7-14(23-11)16(20)21-10-15(19)18-8-9-22-13-5-3-12(17)4-6-13/h2-7H,8-10H2,1H3,(H,18,19). The second kappa shape index (κ2) is 9.10. The lowest BCUT2D eigenvalue weighted by Gasteiger charge is -2.06. The number of carbonyl (C=O) groups excluding carboxylic acids is 2. The summed E-state index contributed by atoms with van der Waals surface area (Å²) in [7, 11) is 0. The van der Waals surface area contributed by atoms with Crippen molar-refractivity contribution in [3.8, 4) is 0 Å². The van der Waals surface area contributed by atoms with Crippen LogP contribution >= 0.6 is 39.0 Å². The number of aryl methyl sites for hydroxylation is 1. The van der Waals surface area contributed by atoms with Gasteiger partial charge in [-0.2, -0.15) is 0 Å². The smallest absolute Gasteiger partial charge is 0.348 e. The Labute approximate surface area is 151 Å². The van der Waals surface area contributed by atoms with Gasteiger partial charge < -0.3 is 10.1 Å². The van der Waals surface area contributed by atoms with Crippen LogP contribution in [0, 0.1) is 6.92 Å². The van der Waals surface area contributed by atoms with Crippen LogP contribution in [0.2, 0.25) is 0 Å². The van der Waals surface area contributed by atoms with Crippen LogP contribution in [-0.2, 0) is 9.53 Å². The van der Waals surface area contributed by atoms with E-state index in [-0.39, 0.29) is 12.5 Å². The minimum Gasteiger partial charge on any atom is -0.451 e. The number of carbonyl (C=O) groups is 2. The molecule has 122 valence electrons. The van der Waals surface area contributed by atoms with E-state index in [0.717, 1.165) is 20.0 Å². The Morgan fingerprint density at radius 3 is 2.61 bits per heavy atom. The second-order valence-corrected chi connectivity index (χ2v) is 8.01. The minimum absolute atomic E-state index is 0.251. The zero-order valence-corrected chi connectivity index (χ0v) is 15.7. The lowest BCUT2D eigenvalue weighted by atomic mass is 10.4. The van der Waals surface area contributed by atoms with E-state index < -0.39 is 5.97 Å². The maximum absolute atomic E-state index is 11.7. The number of amides is 1. The number of hydrogen-bond donors (Lipinski definition) is 1. The molecule has 0 spiro atoms. The normalized spacial score (nSPS) is 10.3. The summed E-state index contributed by atoms with van der Waals surface area (Å²) in [6.07, 6.45) is 0. The Bertz CT molecular complexity index is 670. The van der Waals surface area contributed by atoms with Crippen LogP contribution in [0.25, 0.3) is 0 Å². The van der Waals surface area contributed by atoms with Gasteiger partial charge in [-0.25, -0.2) is 4.79 Å². The summed E-state index contributed by atoms with van der Waals surface area (Å²) in [4.78, 5) is 26.0. The van der Waals surface area contributed by atoms with Gasteiger partial charge in [0.05, 0.1) is 0 Å². The summed E-state index contributed by atoms with van der Waals surface area (Å²) in [6.45, 7) is 2.19. The Morgan fingerprint density at radius 1 is 1.22 bits per heavy atom. The third-order valence-corrected chi connectivity index (χ3v) is 5.31. The first-order valence-electron chi connectivity index (χ1n) is 6.93. The van der Waals surface area contributed by atoms with E-state index in [9.17, 15) is 9.59 Å². The van der Waals surface area contributed by atoms with Gasteiger partial charge >= 0.3 is 5.97 Å². The monoisotopic (exact) mass is 413 g/mol. The zero-order valence-electron chi connectivity index (χ0n) is 12.5. The number of rotatable bonds is 7. The molecule has 0 aliphatic heterocycles. The average molecular weight is 414 g/mol. The number of hydrogen-bond acceptors (Lipinski definition) is 5. The number of esters is 1. The van der Waals surface area contributed by atoms with Crippen LogP contribution in [0.15, 0.2) is 45.8 Å².